The first kappa shape index (κ1) is 35.6. The largest absolute Gasteiger partial charge is 0.416 e. The molecular weight excluding hydrogens is 630 g/mol. The SMILES string of the molecule is CC(C)CCN1c2cc(C(F)(F)F)ccc2C(C)(C)C1C=c1c(=O)c(=CC2=[N+](CCC(C)C)c3cc(C(F)(F)F)ccc3C2(C)C)c1=O. The normalized spacial score (nSPS) is 18.7. The predicted molar refractivity (Wildman–Crippen MR) is 178 cm³/mol. The van der Waals surface area contributed by atoms with Crippen molar-refractivity contribution in [3.8, 4) is 0 Å². The van der Waals surface area contributed by atoms with Gasteiger partial charge in [0, 0.05) is 41.8 Å². The van der Waals surface area contributed by atoms with Crippen LogP contribution in [-0.4, -0.2) is 29.4 Å². The van der Waals surface area contributed by atoms with Gasteiger partial charge in [-0.2, -0.15) is 30.9 Å². The fraction of sp³-hybridized carbons (Fsp3) is 0.500. The van der Waals surface area contributed by atoms with Crippen molar-refractivity contribution in [1.82, 2.24) is 0 Å². The molecule has 0 amide bonds. The van der Waals surface area contributed by atoms with Crippen LogP contribution in [0.15, 0.2) is 46.0 Å². The van der Waals surface area contributed by atoms with Gasteiger partial charge in [0.2, 0.25) is 16.5 Å². The summed E-state index contributed by atoms with van der Waals surface area (Å²) in [4.78, 5) is 29.3. The molecule has 0 aliphatic carbocycles. The summed E-state index contributed by atoms with van der Waals surface area (Å²) in [5.41, 5.74) is -1.21. The third kappa shape index (κ3) is 6.15. The number of fused-ring (bicyclic) bond motifs is 2. The molecule has 0 saturated heterocycles. The summed E-state index contributed by atoms with van der Waals surface area (Å²) in [6.07, 6.45) is -4.58. The molecule has 0 spiro atoms. The molecule has 3 aromatic rings. The van der Waals surface area contributed by atoms with Gasteiger partial charge < -0.3 is 4.90 Å². The van der Waals surface area contributed by atoms with Crippen LogP contribution in [-0.2, 0) is 23.2 Å². The Kier molecular flexibility index (Phi) is 8.92. The summed E-state index contributed by atoms with van der Waals surface area (Å²) < 4.78 is 84.1. The zero-order valence-corrected chi connectivity index (χ0v) is 28.7. The molecule has 3 aromatic carbocycles. The first-order chi connectivity index (χ1) is 22.1. The van der Waals surface area contributed by atoms with Crippen molar-refractivity contribution in [2.24, 2.45) is 11.8 Å². The fourth-order valence-electron chi connectivity index (χ4n) is 7.11. The molecule has 1 atom stereocenters. The van der Waals surface area contributed by atoms with Gasteiger partial charge in [-0.1, -0.05) is 53.7 Å². The lowest BCUT2D eigenvalue weighted by atomic mass is 9.79. The van der Waals surface area contributed by atoms with E-state index < -0.39 is 51.2 Å². The molecule has 0 aromatic heterocycles. The third-order valence-electron chi connectivity index (χ3n) is 10.1. The molecule has 0 fully saturated rings. The molecule has 1 unspecified atom stereocenters. The minimum atomic E-state index is -4.53. The molecule has 258 valence electrons. The number of alkyl halides is 6. The van der Waals surface area contributed by atoms with E-state index in [1.165, 1.54) is 18.2 Å². The molecule has 2 aliphatic heterocycles. The smallest absolute Gasteiger partial charge is 0.364 e. The summed E-state index contributed by atoms with van der Waals surface area (Å²) in [5, 5.41) is -0.0798. The Hall–Kier alpha value is -3.69. The maximum Gasteiger partial charge on any atom is 0.416 e. The van der Waals surface area contributed by atoms with Crippen LogP contribution in [0.3, 0.4) is 0 Å². The second-order valence-corrected chi connectivity index (χ2v) is 15.1. The van der Waals surface area contributed by atoms with Crippen LogP contribution in [0.4, 0.5) is 37.7 Å². The van der Waals surface area contributed by atoms with Crippen molar-refractivity contribution < 1.29 is 30.9 Å². The van der Waals surface area contributed by atoms with E-state index in [0.717, 1.165) is 24.3 Å². The van der Waals surface area contributed by atoms with Crippen molar-refractivity contribution in [2.75, 3.05) is 18.0 Å². The minimum Gasteiger partial charge on any atom is -0.364 e. The van der Waals surface area contributed by atoms with Crippen LogP contribution >= 0.6 is 0 Å². The van der Waals surface area contributed by atoms with Gasteiger partial charge in [-0.25, -0.2) is 0 Å². The average Bonchev–Trinajstić information content (AvgIpc) is 3.32. The highest BCUT2D eigenvalue weighted by Gasteiger charge is 2.47. The van der Waals surface area contributed by atoms with Gasteiger partial charge in [0.25, 0.3) is 0 Å². The van der Waals surface area contributed by atoms with Gasteiger partial charge in [-0.3, -0.25) is 9.59 Å². The van der Waals surface area contributed by atoms with Crippen molar-refractivity contribution in [3.05, 3.63) is 89.5 Å². The van der Waals surface area contributed by atoms with Crippen molar-refractivity contribution in [2.45, 2.75) is 97.5 Å². The highest BCUT2D eigenvalue weighted by atomic mass is 19.4. The first-order valence-corrected chi connectivity index (χ1v) is 16.4. The molecule has 0 N–H and O–H groups in total. The summed E-state index contributed by atoms with van der Waals surface area (Å²) >= 11 is 0. The molecule has 0 radical (unpaired) electrons. The van der Waals surface area contributed by atoms with E-state index in [9.17, 15) is 35.9 Å². The molecule has 0 saturated carbocycles. The number of halogens is 6. The van der Waals surface area contributed by atoms with Crippen LogP contribution in [0.2, 0.25) is 0 Å². The van der Waals surface area contributed by atoms with Crippen LogP contribution in [0.25, 0.3) is 12.2 Å². The second-order valence-electron chi connectivity index (χ2n) is 15.1. The minimum absolute atomic E-state index is 0.0280. The monoisotopic (exact) mass is 673 g/mol. The zero-order valence-electron chi connectivity index (χ0n) is 28.7. The number of hydrogen-bond donors (Lipinski definition) is 0. The zero-order chi connectivity index (χ0) is 35.7. The van der Waals surface area contributed by atoms with Gasteiger partial charge in [-0.15, -0.1) is 0 Å². The van der Waals surface area contributed by atoms with E-state index in [-0.39, 0.29) is 22.3 Å². The number of hydrogen-bond acceptors (Lipinski definition) is 3. The standard InChI is InChI=1S/C38H43F6N2O2/c1-21(2)13-15-45-29-17-23(37(39,40)41)9-11-27(29)35(5,6)31(45)19-25-33(47)26(34(25)48)20-32-36(7,8)28-12-10-24(38(42,43)44)18-30(28)46(32)16-14-22(3)4/h9-12,17-22,31H,13-16H2,1-8H3/q+1. The molecule has 48 heavy (non-hydrogen) atoms. The lowest BCUT2D eigenvalue weighted by Crippen LogP contribution is -2.66. The number of rotatable bonds is 8. The Morgan fingerprint density at radius 1 is 0.792 bits per heavy atom. The quantitative estimate of drug-likeness (QED) is 0.188. The van der Waals surface area contributed by atoms with E-state index >= 15 is 0 Å². The highest BCUT2D eigenvalue weighted by molar-refractivity contribution is 6.15. The molecule has 4 nitrogen and oxygen atoms in total. The fourth-order valence-corrected chi connectivity index (χ4v) is 7.11. The summed E-state index contributed by atoms with van der Waals surface area (Å²) in [5.74, 6) is 0.516. The van der Waals surface area contributed by atoms with Crippen LogP contribution in [0, 0.1) is 11.8 Å². The molecule has 10 heteroatoms. The predicted octanol–water partition coefficient (Wildman–Crippen LogP) is 7.22. The Balaban J connectivity index is 1.65. The average molecular weight is 674 g/mol. The lowest BCUT2D eigenvalue weighted by molar-refractivity contribution is -0.438. The topological polar surface area (TPSA) is 40.4 Å². The Morgan fingerprint density at radius 3 is 1.88 bits per heavy atom. The van der Waals surface area contributed by atoms with E-state index in [4.69, 9.17) is 0 Å². The maximum atomic E-state index is 13.7. The third-order valence-corrected chi connectivity index (χ3v) is 10.1. The van der Waals surface area contributed by atoms with Crippen LogP contribution in [0.1, 0.15) is 90.5 Å². The van der Waals surface area contributed by atoms with Crippen molar-refractivity contribution in [3.63, 3.8) is 0 Å². The van der Waals surface area contributed by atoms with Gasteiger partial charge in [0.1, 0.15) is 6.54 Å². The van der Waals surface area contributed by atoms with Gasteiger partial charge in [0.05, 0.1) is 33.0 Å². The van der Waals surface area contributed by atoms with E-state index in [1.807, 2.05) is 60.3 Å². The van der Waals surface area contributed by atoms with E-state index in [1.54, 1.807) is 10.7 Å². The van der Waals surface area contributed by atoms with Crippen LogP contribution in [0.5, 0.6) is 0 Å². The Bertz CT molecular complexity index is 1940. The molecule has 0 bridgehead atoms. The summed E-state index contributed by atoms with van der Waals surface area (Å²) in [7, 11) is 0. The Labute approximate surface area is 276 Å². The molecule has 5 rings (SSSR count). The summed E-state index contributed by atoms with van der Waals surface area (Å²) in [6, 6.07) is 6.81. The van der Waals surface area contributed by atoms with E-state index in [0.29, 0.717) is 54.1 Å². The van der Waals surface area contributed by atoms with Gasteiger partial charge >= 0.3 is 12.4 Å². The summed E-state index contributed by atoms with van der Waals surface area (Å²) in [6.45, 7) is 16.4. The molecular formula is C38H43F6N2O2+. The van der Waals surface area contributed by atoms with Gasteiger partial charge in [-0.05, 0) is 61.9 Å². The molecule has 2 aliphatic rings. The molecule has 2 heterocycles. The maximum absolute atomic E-state index is 13.7. The second kappa shape index (κ2) is 12.0. The lowest BCUT2D eigenvalue weighted by Gasteiger charge is -2.33. The van der Waals surface area contributed by atoms with Crippen molar-refractivity contribution >= 4 is 29.2 Å². The Morgan fingerprint density at radius 2 is 1.33 bits per heavy atom. The van der Waals surface area contributed by atoms with Crippen molar-refractivity contribution in [1.29, 1.82) is 0 Å². The number of benzene rings is 2. The highest BCUT2D eigenvalue weighted by Crippen LogP contribution is 2.48. The first-order valence-electron chi connectivity index (χ1n) is 16.4. The van der Waals surface area contributed by atoms with E-state index in [2.05, 4.69) is 0 Å². The van der Waals surface area contributed by atoms with Crippen LogP contribution < -0.4 is 26.2 Å². The number of nitrogens with zero attached hydrogens (tertiary/aromatic N) is 2. The van der Waals surface area contributed by atoms with Gasteiger partial charge in [0.15, 0.2) is 5.71 Å². The number of anilines is 1.